The third kappa shape index (κ3) is 8.57. The summed E-state index contributed by atoms with van der Waals surface area (Å²) in [5.74, 6) is -4.40. The molecule has 1 aromatic rings. The zero-order valence-electron chi connectivity index (χ0n) is 22.7. The summed E-state index contributed by atoms with van der Waals surface area (Å²) in [6, 6.07) is 8.87. The van der Waals surface area contributed by atoms with Crippen molar-refractivity contribution < 1.29 is 38.2 Å². The summed E-state index contributed by atoms with van der Waals surface area (Å²) in [4.78, 5) is 76.3. The van der Waals surface area contributed by atoms with Gasteiger partial charge in [0.1, 0.15) is 18.0 Å². The number of nitrogens with one attached hydrogen (secondary N) is 1. The minimum atomic E-state index is -1.03. The van der Waals surface area contributed by atoms with E-state index in [2.05, 4.69) is 17.4 Å². The number of Topliss-reactive ketones (excluding diaryl/α,β-unsaturated/α-hetero) is 1. The van der Waals surface area contributed by atoms with Crippen LogP contribution < -0.4 is 4.72 Å². The van der Waals surface area contributed by atoms with Crippen molar-refractivity contribution in [1.29, 1.82) is 0 Å². The molecule has 3 amide bonds. The molecule has 10 nitrogen and oxygen atoms in total. The van der Waals surface area contributed by atoms with E-state index in [4.69, 9.17) is 9.47 Å². The second-order valence-electron chi connectivity index (χ2n) is 10.3. The number of benzene rings is 1. The molecule has 1 aliphatic heterocycles. The van der Waals surface area contributed by atoms with Crippen LogP contribution in [0.25, 0.3) is 0 Å². The fourth-order valence-corrected chi connectivity index (χ4v) is 6.01. The van der Waals surface area contributed by atoms with Crippen LogP contribution in [-0.2, 0) is 44.8 Å². The van der Waals surface area contributed by atoms with Crippen LogP contribution in [0.3, 0.4) is 0 Å². The molecular weight excluding hydrogens is 556 g/mol. The lowest BCUT2D eigenvalue weighted by molar-refractivity contribution is -0.160. The van der Waals surface area contributed by atoms with Gasteiger partial charge in [0.25, 0.3) is 0 Å². The van der Waals surface area contributed by atoms with Gasteiger partial charge in [-0.1, -0.05) is 57.0 Å². The summed E-state index contributed by atoms with van der Waals surface area (Å²) in [5, 5.41) is -0.861. The average Bonchev–Trinajstić information content (AvgIpc) is 3.23. The molecule has 1 saturated carbocycles. The molecule has 1 N–H and O–H groups in total. The lowest BCUT2D eigenvalue weighted by Gasteiger charge is -2.31. The molecule has 0 aromatic heterocycles. The Hall–Kier alpha value is -2.86. The summed E-state index contributed by atoms with van der Waals surface area (Å²) in [6.07, 6.45) is 1.81. The van der Waals surface area contributed by atoms with Crippen molar-refractivity contribution in [3.05, 3.63) is 35.9 Å². The second-order valence-corrected chi connectivity index (χ2v) is 11.7. The number of ether oxygens (including phenoxy) is 2. The van der Waals surface area contributed by atoms with Gasteiger partial charge >= 0.3 is 11.9 Å². The first-order valence-corrected chi connectivity index (χ1v) is 15.0. The first-order chi connectivity index (χ1) is 19.1. The van der Waals surface area contributed by atoms with E-state index < -0.39 is 46.6 Å². The number of imide groups is 1. The van der Waals surface area contributed by atoms with Crippen molar-refractivity contribution in [2.75, 3.05) is 12.3 Å². The normalized spacial score (nSPS) is 21.7. The van der Waals surface area contributed by atoms with Gasteiger partial charge in [-0.15, -0.1) is 0 Å². The Morgan fingerprint density at radius 3 is 2.40 bits per heavy atom. The molecule has 3 rings (SSSR count). The van der Waals surface area contributed by atoms with Crippen LogP contribution in [0.5, 0.6) is 0 Å². The maximum absolute atomic E-state index is 13.0. The Morgan fingerprint density at radius 2 is 1.75 bits per heavy atom. The molecule has 1 unspecified atom stereocenters. The minimum Gasteiger partial charge on any atom is -0.461 e. The highest BCUT2D eigenvalue weighted by atomic mass is 32.2. The molecule has 1 aromatic carbocycles. The standard InChI is InChI=1S/C28H36N2O8S2/c1-17(2)22(16-39)38-27(35)20-11-7-6-10-19(20)25(33)29-40-23-14-24(32)30(26(23)34)13-12-21(31)28(36)37-15-18-8-4-3-5-9-18/h3-5,8-9,17,19-20,22-23,39H,6-7,10-16H2,1-2H3,(H,29,33)/t19-,20+,22+,23?/m0/s1. The maximum Gasteiger partial charge on any atom is 0.374 e. The Bertz CT molecular complexity index is 1100. The van der Waals surface area contributed by atoms with E-state index in [0.29, 0.717) is 18.6 Å². The number of hydrogen-bond donors (Lipinski definition) is 2. The molecule has 1 aliphatic carbocycles. The van der Waals surface area contributed by atoms with Crippen molar-refractivity contribution in [1.82, 2.24) is 9.62 Å². The maximum atomic E-state index is 13.0. The Balaban J connectivity index is 1.47. The van der Waals surface area contributed by atoms with E-state index in [-0.39, 0.29) is 43.9 Å². The van der Waals surface area contributed by atoms with E-state index >= 15 is 0 Å². The third-order valence-corrected chi connectivity index (χ3v) is 8.44. The number of nitrogens with zero attached hydrogens (tertiary/aromatic N) is 1. The molecule has 2 fully saturated rings. The summed E-state index contributed by atoms with van der Waals surface area (Å²) >= 11 is 5.09. The molecule has 1 saturated heterocycles. The van der Waals surface area contributed by atoms with Gasteiger partial charge in [-0.2, -0.15) is 12.6 Å². The molecule has 0 bridgehead atoms. The molecular formula is C28H36N2O8S2. The van der Waals surface area contributed by atoms with Gasteiger partial charge in [0.2, 0.25) is 23.5 Å². The summed E-state index contributed by atoms with van der Waals surface area (Å²) in [6.45, 7) is 3.57. The number of thiol groups is 1. The van der Waals surface area contributed by atoms with Crippen LogP contribution in [0.2, 0.25) is 0 Å². The SMILES string of the molecule is CC(C)[C@@H](CS)OC(=O)[C@@H]1CCCC[C@@H]1C(=O)NSC1CC(=O)N(CCC(=O)C(=O)OCc2ccccc2)C1=O. The van der Waals surface area contributed by atoms with Gasteiger partial charge in [0, 0.05) is 25.1 Å². The topological polar surface area (TPSA) is 136 Å². The van der Waals surface area contributed by atoms with E-state index in [0.717, 1.165) is 35.3 Å². The van der Waals surface area contributed by atoms with Crippen LogP contribution in [0, 0.1) is 17.8 Å². The number of ketones is 1. The predicted molar refractivity (Wildman–Crippen MR) is 151 cm³/mol. The van der Waals surface area contributed by atoms with Crippen molar-refractivity contribution in [2.45, 2.75) is 70.3 Å². The van der Waals surface area contributed by atoms with Gasteiger partial charge in [-0.3, -0.25) is 33.6 Å². The monoisotopic (exact) mass is 592 g/mol. The number of likely N-dealkylation sites (tertiary alicyclic amines) is 1. The fourth-order valence-electron chi connectivity index (χ4n) is 4.65. The summed E-state index contributed by atoms with van der Waals surface area (Å²) in [5.41, 5.74) is 0.726. The van der Waals surface area contributed by atoms with Gasteiger partial charge in [0.05, 0.1) is 11.8 Å². The highest BCUT2D eigenvalue weighted by molar-refractivity contribution is 7.99. The number of hydrogen-bond acceptors (Lipinski definition) is 10. The third-order valence-electron chi connectivity index (χ3n) is 7.10. The van der Waals surface area contributed by atoms with Crippen molar-refractivity contribution >= 4 is 60.0 Å². The first-order valence-electron chi connectivity index (χ1n) is 13.5. The zero-order valence-corrected chi connectivity index (χ0v) is 24.4. The molecule has 218 valence electrons. The van der Waals surface area contributed by atoms with Crippen LogP contribution >= 0.6 is 24.6 Å². The molecule has 0 spiro atoms. The smallest absolute Gasteiger partial charge is 0.374 e. The first kappa shape index (κ1) is 31.7. The van der Waals surface area contributed by atoms with Crippen molar-refractivity contribution in [2.24, 2.45) is 17.8 Å². The van der Waals surface area contributed by atoms with Crippen molar-refractivity contribution in [3.63, 3.8) is 0 Å². The second kappa shape index (κ2) is 15.2. The number of esters is 2. The number of carbonyl (C=O) groups is 6. The van der Waals surface area contributed by atoms with Crippen LogP contribution in [0.15, 0.2) is 30.3 Å². The van der Waals surface area contributed by atoms with Crippen LogP contribution in [0.4, 0.5) is 0 Å². The number of amides is 3. The van der Waals surface area contributed by atoms with Gasteiger partial charge < -0.3 is 9.47 Å². The Labute approximate surface area is 243 Å². The molecule has 40 heavy (non-hydrogen) atoms. The highest BCUT2D eigenvalue weighted by Crippen LogP contribution is 2.33. The summed E-state index contributed by atoms with van der Waals surface area (Å²) in [7, 11) is 0. The minimum absolute atomic E-state index is 0.0571. The predicted octanol–water partition coefficient (Wildman–Crippen LogP) is 2.88. The van der Waals surface area contributed by atoms with Gasteiger partial charge in [-0.05, 0) is 36.3 Å². The van der Waals surface area contributed by atoms with Crippen LogP contribution in [0.1, 0.15) is 57.9 Å². The lowest BCUT2D eigenvalue weighted by atomic mass is 9.79. The Kier molecular flexibility index (Phi) is 12.1. The van der Waals surface area contributed by atoms with E-state index in [1.165, 1.54) is 0 Å². The lowest BCUT2D eigenvalue weighted by Crippen LogP contribution is -2.41. The molecule has 12 heteroatoms. The number of carbonyl (C=O) groups excluding carboxylic acids is 6. The molecule has 1 heterocycles. The molecule has 2 aliphatic rings. The largest absolute Gasteiger partial charge is 0.461 e. The highest BCUT2D eigenvalue weighted by Gasteiger charge is 2.42. The van der Waals surface area contributed by atoms with Crippen molar-refractivity contribution in [3.8, 4) is 0 Å². The van der Waals surface area contributed by atoms with E-state index in [9.17, 15) is 28.8 Å². The Morgan fingerprint density at radius 1 is 1.07 bits per heavy atom. The van der Waals surface area contributed by atoms with E-state index in [1.807, 2.05) is 19.9 Å². The molecule has 0 radical (unpaired) electrons. The van der Waals surface area contributed by atoms with Gasteiger partial charge in [0.15, 0.2) is 0 Å². The number of rotatable bonds is 13. The molecule has 4 atom stereocenters. The average molecular weight is 593 g/mol. The van der Waals surface area contributed by atoms with E-state index in [1.54, 1.807) is 24.3 Å². The summed E-state index contributed by atoms with van der Waals surface area (Å²) < 4.78 is 13.3. The quantitative estimate of drug-likeness (QED) is 0.117. The van der Waals surface area contributed by atoms with Crippen LogP contribution in [-0.4, -0.2) is 64.0 Å². The fraction of sp³-hybridized carbons (Fsp3) is 0.571. The van der Waals surface area contributed by atoms with Gasteiger partial charge in [-0.25, -0.2) is 4.79 Å². The zero-order chi connectivity index (χ0) is 29.2.